The second kappa shape index (κ2) is 7.78. The second-order valence-electron chi connectivity index (χ2n) is 6.02. The van der Waals surface area contributed by atoms with Crippen molar-refractivity contribution in [3.63, 3.8) is 0 Å². The van der Waals surface area contributed by atoms with Gasteiger partial charge >= 0.3 is 5.97 Å². The lowest BCUT2D eigenvalue weighted by Crippen LogP contribution is -2.15. The minimum atomic E-state index is -0.433. The van der Waals surface area contributed by atoms with E-state index in [1.54, 1.807) is 42.2 Å². The summed E-state index contributed by atoms with van der Waals surface area (Å²) in [5.74, 6) is -0.433. The molecule has 0 amide bonds. The standard InChI is InChI=1S/C21H19N3O3/c1-22-19-13-16(21(26)27-3)5-7-18(19)23-10-8-14-4-6-17-15(12-14)9-11-24(2)20(17)25/h4-7,9-13H,1,8H2,2-3H3. The van der Waals surface area contributed by atoms with E-state index in [1.807, 2.05) is 24.3 Å². The Bertz CT molecular complexity index is 1110. The summed E-state index contributed by atoms with van der Waals surface area (Å²) in [5.41, 5.74) is 2.55. The van der Waals surface area contributed by atoms with Crippen molar-refractivity contribution in [3.05, 3.63) is 70.1 Å². The molecule has 136 valence electrons. The van der Waals surface area contributed by atoms with Crippen molar-refractivity contribution < 1.29 is 9.53 Å². The number of fused-ring (bicyclic) bond motifs is 1. The molecule has 1 aromatic heterocycles. The summed E-state index contributed by atoms with van der Waals surface area (Å²) in [6.45, 7) is 3.53. The molecule has 6 heteroatoms. The van der Waals surface area contributed by atoms with Crippen molar-refractivity contribution >= 4 is 41.0 Å². The van der Waals surface area contributed by atoms with Crippen LogP contribution in [-0.2, 0) is 18.2 Å². The Morgan fingerprint density at radius 2 is 2.00 bits per heavy atom. The molecule has 6 nitrogen and oxygen atoms in total. The number of esters is 1. The van der Waals surface area contributed by atoms with Crippen molar-refractivity contribution in [3.8, 4) is 0 Å². The lowest BCUT2D eigenvalue weighted by atomic mass is 10.1. The molecule has 2 aromatic carbocycles. The molecule has 3 rings (SSSR count). The van der Waals surface area contributed by atoms with Crippen LogP contribution in [0.1, 0.15) is 15.9 Å². The number of aromatic nitrogens is 1. The number of hydrogen-bond donors (Lipinski definition) is 0. The molecular weight excluding hydrogens is 342 g/mol. The maximum Gasteiger partial charge on any atom is 0.337 e. The molecule has 0 aliphatic rings. The fourth-order valence-electron chi connectivity index (χ4n) is 2.78. The zero-order valence-electron chi connectivity index (χ0n) is 15.2. The molecule has 0 N–H and O–H groups in total. The van der Waals surface area contributed by atoms with Gasteiger partial charge in [-0.3, -0.25) is 14.8 Å². The molecule has 0 atom stereocenters. The first kappa shape index (κ1) is 18.3. The zero-order valence-corrected chi connectivity index (χ0v) is 15.2. The molecule has 0 bridgehead atoms. The molecular formula is C21H19N3O3. The highest BCUT2D eigenvalue weighted by Gasteiger charge is 2.08. The van der Waals surface area contributed by atoms with E-state index in [9.17, 15) is 9.59 Å². The average Bonchev–Trinajstić information content (AvgIpc) is 2.70. The van der Waals surface area contributed by atoms with E-state index in [0.29, 0.717) is 28.7 Å². The number of aryl methyl sites for hydroxylation is 1. The molecule has 0 aliphatic carbocycles. The van der Waals surface area contributed by atoms with Crippen LogP contribution in [0.4, 0.5) is 11.4 Å². The highest BCUT2D eigenvalue weighted by Crippen LogP contribution is 2.28. The molecule has 0 spiro atoms. The quantitative estimate of drug-likeness (QED) is 0.515. The van der Waals surface area contributed by atoms with Gasteiger partial charge < -0.3 is 9.30 Å². The number of pyridine rings is 1. The summed E-state index contributed by atoms with van der Waals surface area (Å²) in [4.78, 5) is 32.0. The number of carbonyl (C=O) groups excluding carboxylic acids is 1. The minimum absolute atomic E-state index is 0.0138. The maximum atomic E-state index is 12.1. The molecule has 1 heterocycles. The van der Waals surface area contributed by atoms with Gasteiger partial charge in [0.05, 0.1) is 24.0 Å². The molecule has 0 fully saturated rings. The van der Waals surface area contributed by atoms with Crippen LogP contribution < -0.4 is 5.56 Å². The second-order valence-corrected chi connectivity index (χ2v) is 6.02. The van der Waals surface area contributed by atoms with E-state index >= 15 is 0 Å². The molecule has 0 unspecified atom stereocenters. The number of nitrogens with zero attached hydrogens (tertiary/aromatic N) is 3. The SMILES string of the molecule is C=Nc1cc(C(=O)OC)ccc1N=CCc1ccc2c(=O)n(C)ccc2c1. The Morgan fingerprint density at radius 3 is 2.74 bits per heavy atom. The largest absolute Gasteiger partial charge is 0.465 e. The molecule has 0 saturated carbocycles. The topological polar surface area (TPSA) is 73.0 Å². The summed E-state index contributed by atoms with van der Waals surface area (Å²) in [6.07, 6.45) is 4.12. The van der Waals surface area contributed by atoms with Gasteiger partial charge in [0.2, 0.25) is 0 Å². The third kappa shape index (κ3) is 3.84. The van der Waals surface area contributed by atoms with E-state index in [2.05, 4.69) is 16.7 Å². The first-order valence-corrected chi connectivity index (χ1v) is 8.33. The third-order valence-corrected chi connectivity index (χ3v) is 4.27. The van der Waals surface area contributed by atoms with Gasteiger partial charge in [0.1, 0.15) is 0 Å². The van der Waals surface area contributed by atoms with Gasteiger partial charge in [0.15, 0.2) is 0 Å². The number of aliphatic imine (C=N–C) groups is 2. The fourth-order valence-corrected chi connectivity index (χ4v) is 2.78. The number of carbonyl (C=O) groups is 1. The van der Waals surface area contributed by atoms with Gasteiger partial charge in [-0.25, -0.2) is 4.79 Å². The Labute approximate surface area is 156 Å². The zero-order chi connectivity index (χ0) is 19.4. The Balaban J connectivity index is 1.82. The summed E-state index contributed by atoms with van der Waals surface area (Å²) in [7, 11) is 3.06. The van der Waals surface area contributed by atoms with Crippen molar-refractivity contribution in [2.75, 3.05) is 7.11 Å². The van der Waals surface area contributed by atoms with E-state index in [1.165, 1.54) is 7.11 Å². The molecule has 0 saturated heterocycles. The highest BCUT2D eigenvalue weighted by atomic mass is 16.5. The molecule has 0 aliphatic heterocycles. The lowest BCUT2D eigenvalue weighted by Gasteiger charge is -2.04. The van der Waals surface area contributed by atoms with Crippen LogP contribution >= 0.6 is 0 Å². The predicted octanol–water partition coefficient (Wildman–Crippen LogP) is 3.60. The van der Waals surface area contributed by atoms with Gasteiger partial charge in [0, 0.05) is 31.3 Å². The summed E-state index contributed by atoms with van der Waals surface area (Å²) >= 11 is 0. The Morgan fingerprint density at radius 1 is 1.19 bits per heavy atom. The van der Waals surface area contributed by atoms with E-state index in [0.717, 1.165) is 10.9 Å². The van der Waals surface area contributed by atoms with Crippen LogP contribution in [0.15, 0.2) is 63.4 Å². The van der Waals surface area contributed by atoms with Crippen LogP contribution in [0.2, 0.25) is 0 Å². The summed E-state index contributed by atoms with van der Waals surface area (Å²) < 4.78 is 6.26. The van der Waals surface area contributed by atoms with Gasteiger partial charge in [-0.15, -0.1) is 0 Å². The Hall–Kier alpha value is -3.54. The van der Waals surface area contributed by atoms with Gasteiger partial charge in [-0.2, -0.15) is 0 Å². The monoisotopic (exact) mass is 361 g/mol. The van der Waals surface area contributed by atoms with Crippen molar-refractivity contribution in [2.45, 2.75) is 6.42 Å². The van der Waals surface area contributed by atoms with Crippen molar-refractivity contribution in [1.82, 2.24) is 4.57 Å². The van der Waals surface area contributed by atoms with E-state index < -0.39 is 5.97 Å². The third-order valence-electron chi connectivity index (χ3n) is 4.27. The summed E-state index contributed by atoms with van der Waals surface area (Å²) in [5, 5.41) is 1.59. The molecule has 3 aromatic rings. The van der Waals surface area contributed by atoms with Crippen LogP contribution in [0.25, 0.3) is 10.8 Å². The number of rotatable bonds is 5. The van der Waals surface area contributed by atoms with Gasteiger partial charge in [-0.1, -0.05) is 12.1 Å². The lowest BCUT2D eigenvalue weighted by molar-refractivity contribution is 0.0601. The van der Waals surface area contributed by atoms with Crippen LogP contribution in [-0.4, -0.2) is 30.6 Å². The van der Waals surface area contributed by atoms with Crippen LogP contribution in [0.3, 0.4) is 0 Å². The number of methoxy groups -OCH3 is 1. The minimum Gasteiger partial charge on any atom is -0.465 e. The van der Waals surface area contributed by atoms with Crippen LogP contribution in [0, 0.1) is 0 Å². The molecule has 27 heavy (non-hydrogen) atoms. The van der Waals surface area contributed by atoms with Gasteiger partial charge in [0.25, 0.3) is 5.56 Å². The predicted molar refractivity (Wildman–Crippen MR) is 108 cm³/mol. The summed E-state index contributed by atoms with van der Waals surface area (Å²) in [6, 6.07) is 12.6. The average molecular weight is 361 g/mol. The highest BCUT2D eigenvalue weighted by molar-refractivity contribution is 5.92. The van der Waals surface area contributed by atoms with Crippen molar-refractivity contribution in [1.29, 1.82) is 0 Å². The number of hydrogen-bond acceptors (Lipinski definition) is 5. The maximum absolute atomic E-state index is 12.1. The van der Waals surface area contributed by atoms with E-state index in [4.69, 9.17) is 4.74 Å². The number of ether oxygens (including phenoxy) is 1. The first-order chi connectivity index (χ1) is 13.0. The first-order valence-electron chi connectivity index (χ1n) is 8.33. The van der Waals surface area contributed by atoms with Crippen LogP contribution in [0.5, 0.6) is 0 Å². The van der Waals surface area contributed by atoms with Crippen molar-refractivity contribution in [2.24, 2.45) is 17.0 Å². The number of benzene rings is 2. The Kier molecular flexibility index (Phi) is 5.26. The fraction of sp³-hybridized carbons (Fsp3) is 0.143. The molecule has 0 radical (unpaired) electrons. The van der Waals surface area contributed by atoms with E-state index in [-0.39, 0.29) is 5.56 Å². The normalized spacial score (nSPS) is 11.0. The van der Waals surface area contributed by atoms with Gasteiger partial charge in [-0.05, 0) is 48.0 Å². The smallest absolute Gasteiger partial charge is 0.337 e.